The van der Waals surface area contributed by atoms with Crippen molar-refractivity contribution < 1.29 is 20.1 Å². The molecule has 0 heterocycles. The van der Waals surface area contributed by atoms with Crippen LogP contribution in [0.1, 0.15) is 76.0 Å². The molecule has 1 aliphatic rings. The Hall–Kier alpha value is -1.36. The zero-order valence-electron chi connectivity index (χ0n) is 17.0. The van der Waals surface area contributed by atoms with E-state index < -0.39 is 18.2 Å². The Labute approximate surface area is 173 Å². The monoisotopic (exact) mass is 408 g/mol. The van der Waals surface area contributed by atoms with E-state index >= 15 is 0 Å². The number of benzene rings is 1. The van der Waals surface area contributed by atoms with Gasteiger partial charge in [0.05, 0.1) is 12.2 Å². The maximum atomic E-state index is 10.6. The zero-order chi connectivity index (χ0) is 20.9. The Balaban J connectivity index is 2.05. The van der Waals surface area contributed by atoms with E-state index in [1.807, 2.05) is 51.1 Å². The number of allylic oxidation sites excluding steroid dienone is 2. The molecule has 1 fully saturated rings. The molecule has 4 nitrogen and oxygen atoms in total. The number of aliphatic carboxylic acids is 1. The molecule has 0 spiro atoms. The molecule has 0 aromatic heterocycles. The van der Waals surface area contributed by atoms with Gasteiger partial charge >= 0.3 is 5.97 Å². The SMILES string of the molecule is CC(C)(C)C(O)c1ccc([C@@H]2[C@@H](CC=CCCCC(=O)O)[C@H](Cl)C[C@H]2O)cc1. The van der Waals surface area contributed by atoms with Gasteiger partial charge in [0.1, 0.15) is 0 Å². The summed E-state index contributed by atoms with van der Waals surface area (Å²) in [6, 6.07) is 7.88. The van der Waals surface area contributed by atoms with Crippen molar-refractivity contribution in [3.8, 4) is 0 Å². The van der Waals surface area contributed by atoms with E-state index in [0.717, 1.165) is 24.0 Å². The van der Waals surface area contributed by atoms with Crippen molar-refractivity contribution in [2.24, 2.45) is 11.3 Å². The van der Waals surface area contributed by atoms with Crippen LogP contribution in [0.25, 0.3) is 0 Å². The van der Waals surface area contributed by atoms with Gasteiger partial charge in [0.15, 0.2) is 0 Å². The van der Waals surface area contributed by atoms with Crippen molar-refractivity contribution in [3.63, 3.8) is 0 Å². The molecular formula is C23H33ClO4. The van der Waals surface area contributed by atoms with Gasteiger partial charge in [0.2, 0.25) is 0 Å². The average Bonchev–Trinajstić information content (AvgIpc) is 2.90. The van der Waals surface area contributed by atoms with Gasteiger partial charge in [0.25, 0.3) is 0 Å². The Morgan fingerprint density at radius 2 is 1.89 bits per heavy atom. The fourth-order valence-electron chi connectivity index (χ4n) is 3.97. The third-order valence-electron chi connectivity index (χ3n) is 5.60. The topological polar surface area (TPSA) is 77.8 Å². The van der Waals surface area contributed by atoms with Gasteiger partial charge in [0, 0.05) is 17.7 Å². The number of halogens is 1. The number of unbranched alkanes of at least 4 members (excludes halogenated alkanes) is 1. The Kier molecular flexibility index (Phi) is 8.11. The second-order valence-electron chi connectivity index (χ2n) is 8.94. The average molecular weight is 409 g/mol. The molecule has 5 heteroatoms. The Morgan fingerprint density at radius 3 is 2.46 bits per heavy atom. The van der Waals surface area contributed by atoms with Crippen molar-refractivity contribution in [3.05, 3.63) is 47.5 Å². The number of carboxylic acid groups (broad SMARTS) is 1. The molecule has 28 heavy (non-hydrogen) atoms. The van der Waals surface area contributed by atoms with Gasteiger partial charge in [-0.1, -0.05) is 57.2 Å². The summed E-state index contributed by atoms with van der Waals surface area (Å²) in [7, 11) is 0. The van der Waals surface area contributed by atoms with Gasteiger partial charge in [-0.2, -0.15) is 0 Å². The highest BCUT2D eigenvalue weighted by Gasteiger charge is 2.41. The third kappa shape index (κ3) is 6.07. The van der Waals surface area contributed by atoms with E-state index in [2.05, 4.69) is 6.08 Å². The van der Waals surface area contributed by atoms with Gasteiger partial charge in [-0.25, -0.2) is 0 Å². The first kappa shape index (κ1) is 22.9. The lowest BCUT2D eigenvalue weighted by atomic mass is 9.82. The van der Waals surface area contributed by atoms with E-state index in [1.165, 1.54) is 0 Å². The molecule has 0 bridgehead atoms. The van der Waals surface area contributed by atoms with Crippen LogP contribution in [0.5, 0.6) is 0 Å². The molecular weight excluding hydrogens is 376 g/mol. The van der Waals surface area contributed by atoms with Gasteiger partial charge in [-0.15, -0.1) is 11.6 Å². The minimum atomic E-state index is -0.770. The maximum Gasteiger partial charge on any atom is 0.303 e. The van der Waals surface area contributed by atoms with Crippen molar-refractivity contribution in [2.75, 3.05) is 0 Å². The number of hydrogen-bond acceptors (Lipinski definition) is 3. The number of aliphatic hydroxyl groups is 2. The highest BCUT2D eigenvalue weighted by molar-refractivity contribution is 6.21. The molecule has 156 valence electrons. The summed E-state index contributed by atoms with van der Waals surface area (Å²) < 4.78 is 0. The summed E-state index contributed by atoms with van der Waals surface area (Å²) in [6.45, 7) is 6.01. The number of alkyl halides is 1. The van der Waals surface area contributed by atoms with Gasteiger partial charge in [-0.3, -0.25) is 4.79 Å². The fraction of sp³-hybridized carbons (Fsp3) is 0.609. The highest BCUT2D eigenvalue weighted by atomic mass is 35.5. The quantitative estimate of drug-likeness (QED) is 0.320. The largest absolute Gasteiger partial charge is 0.481 e. The first-order valence-electron chi connectivity index (χ1n) is 10.1. The van der Waals surface area contributed by atoms with E-state index in [9.17, 15) is 15.0 Å². The number of hydrogen-bond donors (Lipinski definition) is 3. The molecule has 1 aromatic rings. The van der Waals surface area contributed by atoms with E-state index in [4.69, 9.17) is 16.7 Å². The number of carbonyl (C=O) groups is 1. The number of rotatable bonds is 8. The lowest BCUT2D eigenvalue weighted by molar-refractivity contribution is -0.137. The fourth-order valence-corrected chi connectivity index (χ4v) is 4.41. The molecule has 5 atom stereocenters. The van der Waals surface area contributed by atoms with Crippen LogP contribution in [0.2, 0.25) is 0 Å². The van der Waals surface area contributed by atoms with Crippen LogP contribution in [-0.2, 0) is 4.79 Å². The predicted molar refractivity (Wildman–Crippen MR) is 113 cm³/mol. The molecule has 1 saturated carbocycles. The Bertz CT molecular complexity index is 662. The maximum absolute atomic E-state index is 10.6. The molecule has 0 radical (unpaired) electrons. The van der Waals surface area contributed by atoms with Crippen molar-refractivity contribution in [1.82, 2.24) is 0 Å². The molecule has 0 amide bonds. The van der Waals surface area contributed by atoms with Crippen LogP contribution in [0.15, 0.2) is 36.4 Å². The predicted octanol–water partition coefficient (Wildman–Crippen LogP) is 5.04. The minimum absolute atomic E-state index is 0.0352. The smallest absolute Gasteiger partial charge is 0.303 e. The summed E-state index contributed by atoms with van der Waals surface area (Å²) in [5.41, 5.74) is 1.69. The highest BCUT2D eigenvalue weighted by Crippen LogP contribution is 2.45. The summed E-state index contributed by atoms with van der Waals surface area (Å²) >= 11 is 6.53. The number of aliphatic hydroxyl groups excluding tert-OH is 2. The lowest BCUT2D eigenvalue weighted by Gasteiger charge is -2.27. The van der Waals surface area contributed by atoms with Crippen molar-refractivity contribution in [2.45, 2.75) is 76.4 Å². The van der Waals surface area contributed by atoms with Crippen LogP contribution >= 0.6 is 11.6 Å². The van der Waals surface area contributed by atoms with Gasteiger partial charge in [-0.05, 0) is 48.1 Å². The van der Waals surface area contributed by atoms with Crippen LogP contribution in [0.3, 0.4) is 0 Å². The molecule has 1 aromatic carbocycles. The Morgan fingerprint density at radius 1 is 1.25 bits per heavy atom. The second kappa shape index (κ2) is 9.91. The van der Waals surface area contributed by atoms with Crippen LogP contribution < -0.4 is 0 Å². The van der Waals surface area contributed by atoms with E-state index in [-0.39, 0.29) is 29.0 Å². The van der Waals surface area contributed by atoms with Crippen LogP contribution in [0.4, 0.5) is 0 Å². The van der Waals surface area contributed by atoms with Crippen LogP contribution in [-0.4, -0.2) is 32.8 Å². The van der Waals surface area contributed by atoms with Gasteiger partial charge < -0.3 is 15.3 Å². The normalized spacial score (nSPS) is 26.6. The molecule has 0 saturated heterocycles. The molecule has 0 aliphatic heterocycles. The number of carboxylic acids is 1. The lowest BCUT2D eigenvalue weighted by Crippen LogP contribution is -2.20. The van der Waals surface area contributed by atoms with E-state index in [1.54, 1.807) is 0 Å². The molecule has 1 aliphatic carbocycles. The minimum Gasteiger partial charge on any atom is -0.481 e. The summed E-state index contributed by atoms with van der Waals surface area (Å²) in [4.78, 5) is 10.6. The summed E-state index contributed by atoms with van der Waals surface area (Å²) in [5, 5.41) is 29.6. The van der Waals surface area contributed by atoms with Crippen molar-refractivity contribution in [1.29, 1.82) is 0 Å². The molecule has 2 rings (SSSR count). The second-order valence-corrected chi connectivity index (χ2v) is 9.50. The molecule has 3 N–H and O–H groups in total. The molecule has 1 unspecified atom stereocenters. The first-order chi connectivity index (χ1) is 13.1. The van der Waals surface area contributed by atoms with Crippen LogP contribution in [0, 0.1) is 11.3 Å². The third-order valence-corrected chi connectivity index (χ3v) is 6.10. The summed E-state index contributed by atoms with van der Waals surface area (Å²) in [5.74, 6) is -0.675. The standard InChI is InChI=1S/C23H33ClO4/c1-23(2,3)22(28)16-12-10-15(11-13-16)21-17(18(24)14-19(21)25)8-6-4-5-7-9-20(26)27/h4,6,10-13,17-19,21-22,25,28H,5,7-9,14H2,1-3H3,(H,26,27)/t17-,18+,19+,21+,22?/m0/s1. The van der Waals surface area contributed by atoms with E-state index in [0.29, 0.717) is 12.8 Å². The summed E-state index contributed by atoms with van der Waals surface area (Å²) in [6.07, 6.45) is 5.92. The van der Waals surface area contributed by atoms with Crippen molar-refractivity contribution >= 4 is 17.6 Å². The zero-order valence-corrected chi connectivity index (χ0v) is 17.8. The first-order valence-corrected chi connectivity index (χ1v) is 10.5.